The number of benzene rings is 2. The first-order chi connectivity index (χ1) is 19.4. The lowest BCUT2D eigenvalue weighted by molar-refractivity contribution is -0.139. The molecular weight excluding hydrogens is 520 g/mol. The highest BCUT2D eigenvalue weighted by Crippen LogP contribution is 2.24. The third-order valence-corrected chi connectivity index (χ3v) is 5.31. The van der Waals surface area contributed by atoms with Gasteiger partial charge in [0.2, 0.25) is 0 Å². The average molecular weight is 543 g/mol. The van der Waals surface area contributed by atoms with Crippen LogP contribution in [0, 0.1) is 0 Å². The smallest absolute Gasteiger partial charge is 0.337 e. The first-order valence-electron chi connectivity index (χ1n) is 11.6. The molecule has 0 bridgehead atoms. The van der Waals surface area contributed by atoms with E-state index < -0.39 is 23.8 Å². The molecule has 2 heterocycles. The summed E-state index contributed by atoms with van der Waals surface area (Å²) >= 11 is 0. The maximum Gasteiger partial charge on any atom is 0.337 e. The summed E-state index contributed by atoms with van der Waals surface area (Å²) in [7, 11) is 2.59. The molecular formula is C28H22N4O8. The fourth-order valence-corrected chi connectivity index (χ4v) is 3.40. The molecule has 40 heavy (non-hydrogen) atoms. The van der Waals surface area contributed by atoms with Crippen LogP contribution >= 0.6 is 0 Å². The molecule has 0 spiro atoms. The lowest BCUT2D eigenvalue weighted by Gasteiger charge is -2.01. The van der Waals surface area contributed by atoms with Crippen molar-refractivity contribution in [2.75, 3.05) is 14.2 Å². The topological polar surface area (TPSA) is 162 Å². The number of carbonyl (C=O) groups excluding carboxylic acids is 4. The Morgan fingerprint density at radius 1 is 0.650 bits per heavy atom. The van der Waals surface area contributed by atoms with Crippen LogP contribution in [-0.2, 0) is 19.1 Å². The summed E-state index contributed by atoms with van der Waals surface area (Å²) in [6.07, 6.45) is 2.42. The highest BCUT2D eigenvalue weighted by atomic mass is 16.5. The zero-order chi connectivity index (χ0) is 28.5. The SMILES string of the molecule is COC(=O)c1cccc(-c2ccc(C=NNC(=O)C(=O)NN=Cc3ccc(-c4cccc(C(=O)OC)c4)o3)o2)c1. The van der Waals surface area contributed by atoms with Crippen molar-refractivity contribution in [3.8, 4) is 22.6 Å². The Balaban J connectivity index is 1.28. The van der Waals surface area contributed by atoms with Crippen molar-refractivity contribution in [3.05, 3.63) is 95.4 Å². The van der Waals surface area contributed by atoms with Crippen molar-refractivity contribution in [1.82, 2.24) is 10.9 Å². The van der Waals surface area contributed by atoms with Crippen molar-refractivity contribution in [2.24, 2.45) is 10.2 Å². The lowest BCUT2D eigenvalue weighted by atomic mass is 10.1. The first kappa shape index (κ1) is 27.3. The maximum atomic E-state index is 12.0. The molecule has 0 unspecified atom stereocenters. The van der Waals surface area contributed by atoms with Gasteiger partial charge in [-0.2, -0.15) is 10.2 Å². The zero-order valence-electron chi connectivity index (χ0n) is 21.2. The summed E-state index contributed by atoms with van der Waals surface area (Å²) < 4.78 is 20.7. The van der Waals surface area contributed by atoms with Crippen molar-refractivity contribution >= 4 is 36.2 Å². The van der Waals surface area contributed by atoms with Gasteiger partial charge in [-0.25, -0.2) is 20.4 Å². The predicted molar refractivity (Wildman–Crippen MR) is 142 cm³/mol. The minimum absolute atomic E-state index is 0.294. The summed E-state index contributed by atoms with van der Waals surface area (Å²) in [5.74, 6) is -1.57. The van der Waals surface area contributed by atoms with Gasteiger partial charge >= 0.3 is 23.8 Å². The minimum Gasteiger partial charge on any atom is -0.465 e. The lowest BCUT2D eigenvalue weighted by Crippen LogP contribution is -2.35. The van der Waals surface area contributed by atoms with Crippen molar-refractivity contribution in [3.63, 3.8) is 0 Å². The number of ether oxygens (including phenoxy) is 2. The van der Waals surface area contributed by atoms with Crippen LogP contribution < -0.4 is 10.9 Å². The number of hydrazone groups is 2. The van der Waals surface area contributed by atoms with E-state index in [1.54, 1.807) is 72.8 Å². The summed E-state index contributed by atoms with van der Waals surface area (Å²) in [6.45, 7) is 0. The van der Waals surface area contributed by atoms with E-state index in [0.717, 1.165) is 0 Å². The molecule has 2 N–H and O–H groups in total. The minimum atomic E-state index is -1.06. The summed E-state index contributed by atoms with van der Waals surface area (Å²) in [4.78, 5) is 47.4. The fourth-order valence-electron chi connectivity index (χ4n) is 3.40. The fraction of sp³-hybridized carbons (Fsp3) is 0.0714. The molecule has 0 atom stereocenters. The van der Waals surface area contributed by atoms with Gasteiger partial charge in [0, 0.05) is 11.1 Å². The van der Waals surface area contributed by atoms with Gasteiger partial charge in [-0.15, -0.1) is 0 Å². The number of amides is 2. The number of methoxy groups -OCH3 is 2. The van der Waals surface area contributed by atoms with E-state index in [1.807, 2.05) is 0 Å². The van der Waals surface area contributed by atoms with Crippen LogP contribution in [0.5, 0.6) is 0 Å². The summed E-state index contributed by atoms with van der Waals surface area (Å²) in [6, 6.07) is 19.9. The molecule has 2 aromatic heterocycles. The Kier molecular flexibility index (Phi) is 8.62. The van der Waals surface area contributed by atoms with Crippen LogP contribution in [0.4, 0.5) is 0 Å². The van der Waals surface area contributed by atoms with E-state index in [0.29, 0.717) is 45.3 Å². The van der Waals surface area contributed by atoms with E-state index in [-0.39, 0.29) is 0 Å². The second-order valence-electron chi connectivity index (χ2n) is 7.95. The quantitative estimate of drug-likeness (QED) is 0.148. The van der Waals surface area contributed by atoms with E-state index in [4.69, 9.17) is 18.3 Å². The van der Waals surface area contributed by atoms with Crippen LogP contribution in [0.2, 0.25) is 0 Å². The van der Waals surface area contributed by atoms with Gasteiger partial charge < -0.3 is 18.3 Å². The van der Waals surface area contributed by atoms with E-state index in [9.17, 15) is 19.2 Å². The zero-order valence-corrected chi connectivity index (χ0v) is 21.2. The number of nitrogens with one attached hydrogen (secondary N) is 2. The van der Waals surface area contributed by atoms with Gasteiger partial charge in [-0.1, -0.05) is 24.3 Å². The van der Waals surface area contributed by atoms with Gasteiger partial charge in [-0.05, 0) is 48.5 Å². The highest BCUT2D eigenvalue weighted by Gasteiger charge is 2.13. The number of esters is 2. The van der Waals surface area contributed by atoms with Crippen LogP contribution in [-0.4, -0.2) is 50.4 Å². The van der Waals surface area contributed by atoms with Crippen LogP contribution in [0.3, 0.4) is 0 Å². The normalized spacial score (nSPS) is 10.9. The number of nitrogens with zero attached hydrogens (tertiary/aromatic N) is 2. The molecule has 0 aliphatic rings. The molecule has 0 aliphatic carbocycles. The van der Waals surface area contributed by atoms with E-state index in [1.165, 1.54) is 26.6 Å². The number of furan rings is 2. The molecule has 0 fully saturated rings. The molecule has 2 aromatic carbocycles. The molecule has 12 nitrogen and oxygen atoms in total. The summed E-state index contributed by atoms with van der Waals surface area (Å²) in [5.41, 5.74) is 6.15. The molecule has 0 aliphatic heterocycles. The number of carbonyl (C=O) groups is 4. The van der Waals surface area contributed by atoms with Crippen LogP contribution in [0.25, 0.3) is 22.6 Å². The van der Waals surface area contributed by atoms with Gasteiger partial charge in [0.1, 0.15) is 23.0 Å². The molecule has 0 saturated carbocycles. The number of hydrogen-bond donors (Lipinski definition) is 2. The third kappa shape index (κ3) is 6.75. The largest absolute Gasteiger partial charge is 0.465 e. The molecule has 4 aromatic rings. The second-order valence-corrected chi connectivity index (χ2v) is 7.95. The Bertz CT molecular complexity index is 1500. The Morgan fingerprint density at radius 2 is 1.07 bits per heavy atom. The van der Waals surface area contributed by atoms with Crippen molar-refractivity contribution in [2.45, 2.75) is 0 Å². The van der Waals surface area contributed by atoms with E-state index in [2.05, 4.69) is 21.1 Å². The second kappa shape index (κ2) is 12.6. The molecule has 202 valence electrons. The van der Waals surface area contributed by atoms with E-state index >= 15 is 0 Å². The third-order valence-electron chi connectivity index (χ3n) is 5.31. The van der Waals surface area contributed by atoms with Gasteiger partial charge in [0.15, 0.2) is 0 Å². The monoisotopic (exact) mass is 542 g/mol. The summed E-state index contributed by atoms with van der Waals surface area (Å²) in [5, 5.41) is 7.40. The van der Waals surface area contributed by atoms with Crippen LogP contribution in [0.15, 0.2) is 91.8 Å². The van der Waals surface area contributed by atoms with Crippen molar-refractivity contribution in [1.29, 1.82) is 0 Å². The predicted octanol–water partition coefficient (Wildman–Crippen LogP) is 3.38. The van der Waals surface area contributed by atoms with Gasteiger partial charge in [0.25, 0.3) is 0 Å². The number of rotatable bonds is 8. The molecule has 2 amide bonds. The average Bonchev–Trinajstić information content (AvgIpc) is 3.66. The van der Waals surface area contributed by atoms with Gasteiger partial charge in [-0.3, -0.25) is 9.59 Å². The highest BCUT2D eigenvalue weighted by molar-refractivity contribution is 6.35. The maximum absolute atomic E-state index is 12.0. The molecule has 0 radical (unpaired) electrons. The van der Waals surface area contributed by atoms with Crippen LogP contribution in [0.1, 0.15) is 32.2 Å². The molecule has 12 heteroatoms. The number of hydrogen-bond acceptors (Lipinski definition) is 10. The Morgan fingerprint density at radius 3 is 1.48 bits per heavy atom. The van der Waals surface area contributed by atoms with Gasteiger partial charge in [0.05, 0.1) is 37.8 Å². The standard InChI is InChI=1S/C28H22N4O8/c1-37-27(35)19-7-3-5-17(13-19)23-11-9-21(39-23)15-29-31-25(33)26(34)32-30-16-22-10-12-24(40-22)18-6-4-8-20(14-18)28(36)38-2/h3-16H,1-2H3,(H,31,33)(H,32,34). The van der Waals surface area contributed by atoms with Crippen molar-refractivity contribution < 1.29 is 37.5 Å². The molecule has 4 rings (SSSR count). The first-order valence-corrected chi connectivity index (χ1v) is 11.6. The Labute approximate surface area is 227 Å². The molecule has 0 saturated heterocycles. The Hall–Kier alpha value is -5.78.